The molecule has 20 heavy (non-hydrogen) atoms. The number of aliphatic carboxylic acids is 1. The fraction of sp³-hybridized carbons (Fsp3) is 0.583. The maximum Gasteiger partial charge on any atom is 0.323 e. The second-order valence-electron chi connectivity index (χ2n) is 4.72. The molecule has 0 atom stereocenters. The van der Waals surface area contributed by atoms with E-state index < -0.39 is 5.97 Å². The summed E-state index contributed by atoms with van der Waals surface area (Å²) in [6.45, 7) is 4.41. The van der Waals surface area contributed by atoms with Gasteiger partial charge in [-0.1, -0.05) is 0 Å². The van der Waals surface area contributed by atoms with Gasteiger partial charge in [0.1, 0.15) is 0 Å². The molecule has 7 nitrogen and oxygen atoms in total. The van der Waals surface area contributed by atoms with Gasteiger partial charge in [0.2, 0.25) is 0 Å². The van der Waals surface area contributed by atoms with Gasteiger partial charge in [-0.15, -0.1) is 11.3 Å². The van der Waals surface area contributed by atoms with E-state index in [1.165, 1.54) is 11.3 Å². The van der Waals surface area contributed by atoms with Crippen LogP contribution >= 0.6 is 11.3 Å². The van der Waals surface area contributed by atoms with Gasteiger partial charge in [0.15, 0.2) is 5.13 Å². The van der Waals surface area contributed by atoms with Gasteiger partial charge in [-0.25, -0.2) is 9.78 Å². The van der Waals surface area contributed by atoms with Crippen LogP contribution in [0.1, 0.15) is 11.3 Å². The van der Waals surface area contributed by atoms with E-state index in [0.717, 1.165) is 11.3 Å². The predicted molar refractivity (Wildman–Crippen MR) is 76.1 cm³/mol. The van der Waals surface area contributed by atoms with E-state index in [0.29, 0.717) is 31.3 Å². The number of carbonyl (C=O) groups is 2. The number of carboxylic acids is 1. The standard InChI is InChI=1S/C12H18N4O3S/c1-9-7-13-11(20-9)14-12(19)16-4-2-3-15(5-6-16)8-10(17)18/h7H,2-6,8H2,1H3,(H,17,18)(H,13,14,19). The summed E-state index contributed by atoms with van der Waals surface area (Å²) in [5.74, 6) is -0.832. The Morgan fingerprint density at radius 1 is 1.40 bits per heavy atom. The molecule has 1 aromatic heterocycles. The highest BCUT2D eigenvalue weighted by atomic mass is 32.1. The Labute approximate surface area is 121 Å². The molecule has 8 heteroatoms. The molecule has 0 aromatic carbocycles. The van der Waals surface area contributed by atoms with Gasteiger partial charge in [-0.05, 0) is 13.3 Å². The third kappa shape index (κ3) is 4.17. The van der Waals surface area contributed by atoms with Crippen molar-refractivity contribution in [2.45, 2.75) is 13.3 Å². The summed E-state index contributed by atoms with van der Waals surface area (Å²) in [6.07, 6.45) is 2.49. The Morgan fingerprint density at radius 2 is 2.20 bits per heavy atom. The summed E-state index contributed by atoms with van der Waals surface area (Å²) in [4.78, 5) is 31.5. The summed E-state index contributed by atoms with van der Waals surface area (Å²) >= 11 is 1.44. The molecular formula is C12H18N4O3S. The minimum absolute atomic E-state index is 0.0289. The first-order valence-corrected chi connectivity index (χ1v) is 7.29. The van der Waals surface area contributed by atoms with Crippen LogP contribution in [-0.2, 0) is 4.79 Å². The second kappa shape index (κ2) is 6.67. The van der Waals surface area contributed by atoms with Gasteiger partial charge >= 0.3 is 12.0 Å². The van der Waals surface area contributed by atoms with Crippen molar-refractivity contribution in [3.8, 4) is 0 Å². The Kier molecular flexibility index (Phi) is 4.91. The number of carboxylic acid groups (broad SMARTS) is 1. The number of anilines is 1. The van der Waals surface area contributed by atoms with E-state index in [-0.39, 0.29) is 12.6 Å². The molecule has 2 amide bonds. The largest absolute Gasteiger partial charge is 0.480 e. The molecule has 1 aliphatic heterocycles. The molecule has 0 aliphatic carbocycles. The summed E-state index contributed by atoms with van der Waals surface area (Å²) < 4.78 is 0. The second-order valence-corrected chi connectivity index (χ2v) is 5.95. The van der Waals surface area contributed by atoms with Crippen molar-refractivity contribution in [2.24, 2.45) is 0 Å². The predicted octanol–water partition coefficient (Wildman–Crippen LogP) is 1.08. The zero-order valence-electron chi connectivity index (χ0n) is 11.3. The van der Waals surface area contributed by atoms with Gasteiger partial charge in [-0.3, -0.25) is 15.0 Å². The number of hydrogen-bond donors (Lipinski definition) is 2. The van der Waals surface area contributed by atoms with E-state index in [9.17, 15) is 9.59 Å². The molecule has 2 N–H and O–H groups in total. The monoisotopic (exact) mass is 298 g/mol. The van der Waals surface area contributed by atoms with Crippen LogP contribution in [0, 0.1) is 6.92 Å². The molecule has 0 saturated carbocycles. The maximum absolute atomic E-state index is 12.1. The fourth-order valence-corrected chi connectivity index (χ4v) is 2.76. The lowest BCUT2D eigenvalue weighted by Gasteiger charge is -2.20. The maximum atomic E-state index is 12.1. The molecular weight excluding hydrogens is 280 g/mol. The smallest absolute Gasteiger partial charge is 0.323 e. The highest BCUT2D eigenvalue weighted by molar-refractivity contribution is 7.15. The normalized spacial score (nSPS) is 16.8. The number of nitrogens with zero attached hydrogens (tertiary/aromatic N) is 3. The number of nitrogens with one attached hydrogen (secondary N) is 1. The summed E-state index contributed by atoms with van der Waals surface area (Å²) in [5.41, 5.74) is 0. The van der Waals surface area contributed by atoms with Crippen molar-refractivity contribution >= 4 is 28.5 Å². The van der Waals surface area contributed by atoms with Crippen LogP contribution < -0.4 is 5.32 Å². The zero-order valence-corrected chi connectivity index (χ0v) is 12.2. The molecule has 1 fully saturated rings. The molecule has 1 aromatic rings. The molecule has 0 unspecified atom stereocenters. The Balaban J connectivity index is 1.86. The minimum atomic E-state index is -0.832. The number of hydrogen-bond acceptors (Lipinski definition) is 5. The summed E-state index contributed by atoms with van der Waals surface area (Å²) in [5, 5.41) is 12.2. The van der Waals surface area contributed by atoms with Gasteiger partial charge in [0.05, 0.1) is 6.54 Å². The fourth-order valence-electron chi connectivity index (χ4n) is 2.11. The first-order chi connectivity index (χ1) is 9.54. The molecule has 2 rings (SSSR count). The van der Waals surface area contributed by atoms with Crippen LogP contribution in [0.15, 0.2) is 6.20 Å². The van der Waals surface area contributed by atoms with Crippen LogP contribution in [0.4, 0.5) is 9.93 Å². The third-order valence-corrected chi connectivity index (χ3v) is 3.90. The average Bonchev–Trinajstić information content (AvgIpc) is 2.64. The van der Waals surface area contributed by atoms with Gasteiger partial charge in [0.25, 0.3) is 0 Å². The Bertz CT molecular complexity index is 491. The number of rotatable bonds is 3. The number of aryl methyl sites for hydroxylation is 1. The third-order valence-electron chi connectivity index (χ3n) is 3.07. The van der Waals surface area contributed by atoms with Crippen LogP contribution in [0.5, 0.6) is 0 Å². The van der Waals surface area contributed by atoms with Crippen molar-refractivity contribution in [1.82, 2.24) is 14.8 Å². The van der Waals surface area contributed by atoms with E-state index in [1.54, 1.807) is 11.1 Å². The molecule has 0 bridgehead atoms. The first-order valence-electron chi connectivity index (χ1n) is 6.47. The van der Waals surface area contributed by atoms with Gasteiger partial charge in [0, 0.05) is 37.3 Å². The number of amides is 2. The average molecular weight is 298 g/mol. The highest BCUT2D eigenvalue weighted by Gasteiger charge is 2.20. The number of carbonyl (C=O) groups excluding carboxylic acids is 1. The lowest BCUT2D eigenvalue weighted by molar-refractivity contribution is -0.138. The highest BCUT2D eigenvalue weighted by Crippen LogP contribution is 2.17. The molecule has 1 saturated heterocycles. The van der Waals surface area contributed by atoms with Crippen LogP contribution in [0.25, 0.3) is 0 Å². The van der Waals surface area contributed by atoms with Crippen molar-refractivity contribution in [1.29, 1.82) is 0 Å². The van der Waals surface area contributed by atoms with Crippen LogP contribution in [0.2, 0.25) is 0 Å². The van der Waals surface area contributed by atoms with E-state index in [2.05, 4.69) is 10.3 Å². The van der Waals surface area contributed by atoms with Crippen molar-refractivity contribution < 1.29 is 14.7 Å². The molecule has 1 aliphatic rings. The summed E-state index contributed by atoms with van der Waals surface area (Å²) in [7, 11) is 0. The Morgan fingerprint density at radius 3 is 2.85 bits per heavy atom. The molecule has 0 spiro atoms. The molecule has 0 radical (unpaired) electrons. The van der Waals surface area contributed by atoms with Gasteiger partial charge in [-0.2, -0.15) is 0 Å². The van der Waals surface area contributed by atoms with Crippen molar-refractivity contribution in [2.75, 3.05) is 38.0 Å². The summed E-state index contributed by atoms with van der Waals surface area (Å²) in [6, 6.07) is -0.170. The lowest BCUT2D eigenvalue weighted by atomic mass is 10.4. The first kappa shape index (κ1) is 14.7. The Hall–Kier alpha value is -1.67. The molecule has 2 heterocycles. The number of aromatic nitrogens is 1. The van der Waals surface area contributed by atoms with Gasteiger partial charge < -0.3 is 10.0 Å². The van der Waals surface area contributed by atoms with E-state index >= 15 is 0 Å². The van der Waals surface area contributed by atoms with Crippen LogP contribution in [0.3, 0.4) is 0 Å². The van der Waals surface area contributed by atoms with E-state index in [1.807, 2.05) is 11.8 Å². The van der Waals surface area contributed by atoms with Crippen molar-refractivity contribution in [3.63, 3.8) is 0 Å². The van der Waals surface area contributed by atoms with Crippen LogP contribution in [-0.4, -0.2) is 64.6 Å². The lowest BCUT2D eigenvalue weighted by Crippen LogP contribution is -2.38. The minimum Gasteiger partial charge on any atom is -0.480 e. The van der Waals surface area contributed by atoms with Crippen molar-refractivity contribution in [3.05, 3.63) is 11.1 Å². The number of urea groups is 1. The SMILES string of the molecule is Cc1cnc(NC(=O)N2CCCN(CC(=O)O)CC2)s1. The van der Waals surface area contributed by atoms with E-state index in [4.69, 9.17) is 5.11 Å². The zero-order chi connectivity index (χ0) is 14.5. The number of thiazole rings is 1. The topological polar surface area (TPSA) is 85.8 Å². The quantitative estimate of drug-likeness (QED) is 0.872. The molecule has 110 valence electrons.